The molecule has 1 aromatic carbocycles. The quantitative estimate of drug-likeness (QED) is 0.0673. The maximum atomic E-state index is 13.9. The SMILES string of the molecule is CCCCCCCCCCCCCCCCCc1noc(N(CCC(C)C)S(=O)(=O)c2ccc(Cc3nccc4c3nc(C)n4C)cc2)n1. The van der Waals surface area contributed by atoms with Crippen LogP contribution in [0.4, 0.5) is 6.01 Å². The number of pyridine rings is 1. The molecule has 3 aromatic heterocycles. The van der Waals surface area contributed by atoms with Crippen LogP contribution in [0.15, 0.2) is 45.9 Å². The molecule has 0 bridgehead atoms. The highest BCUT2D eigenvalue weighted by atomic mass is 32.2. The molecule has 0 fully saturated rings. The first-order valence-electron chi connectivity index (χ1n) is 18.9. The van der Waals surface area contributed by atoms with Crippen LogP contribution < -0.4 is 4.31 Å². The Kier molecular flexibility index (Phi) is 15.6. The van der Waals surface area contributed by atoms with Crippen LogP contribution in [0, 0.1) is 12.8 Å². The summed E-state index contributed by atoms with van der Waals surface area (Å²) in [5, 5.41) is 4.16. The van der Waals surface area contributed by atoms with Gasteiger partial charge in [0.2, 0.25) is 0 Å². The molecule has 4 rings (SSSR count). The minimum atomic E-state index is -3.91. The largest absolute Gasteiger partial charge is 0.338 e. The number of aryl methyl sites for hydroxylation is 3. The molecule has 49 heavy (non-hydrogen) atoms. The van der Waals surface area contributed by atoms with E-state index >= 15 is 0 Å². The van der Waals surface area contributed by atoms with Gasteiger partial charge in [-0.2, -0.15) is 4.98 Å². The number of rotatable bonds is 24. The molecule has 0 amide bonds. The molecular weight excluding hydrogens is 633 g/mol. The van der Waals surface area contributed by atoms with Crippen LogP contribution in [0.25, 0.3) is 11.0 Å². The summed E-state index contributed by atoms with van der Waals surface area (Å²) in [5.41, 5.74) is 3.72. The van der Waals surface area contributed by atoms with Crippen molar-refractivity contribution in [1.82, 2.24) is 24.7 Å². The van der Waals surface area contributed by atoms with Crippen LogP contribution in [-0.4, -0.2) is 39.6 Å². The molecule has 10 heteroatoms. The number of hydrogen-bond donors (Lipinski definition) is 0. The minimum Gasteiger partial charge on any atom is -0.331 e. The van der Waals surface area contributed by atoms with Crippen molar-refractivity contribution >= 4 is 27.1 Å². The number of aromatic nitrogens is 5. The topological polar surface area (TPSA) is 107 Å². The number of anilines is 1. The Hall–Kier alpha value is -3.27. The third-order valence-corrected chi connectivity index (χ3v) is 11.4. The molecule has 0 aliphatic carbocycles. The van der Waals surface area contributed by atoms with Gasteiger partial charge in [0.05, 0.1) is 16.1 Å². The zero-order valence-electron chi connectivity index (χ0n) is 30.8. The summed E-state index contributed by atoms with van der Waals surface area (Å²) in [6.45, 7) is 8.67. The average molecular weight is 693 g/mol. The highest BCUT2D eigenvalue weighted by Crippen LogP contribution is 2.26. The number of benzene rings is 1. The number of nitrogens with zero attached hydrogens (tertiary/aromatic N) is 6. The van der Waals surface area contributed by atoms with E-state index in [1.165, 1.54) is 87.8 Å². The molecule has 0 saturated heterocycles. The van der Waals surface area contributed by atoms with E-state index in [1.807, 2.05) is 36.7 Å². The van der Waals surface area contributed by atoms with E-state index in [4.69, 9.17) is 4.52 Å². The normalized spacial score (nSPS) is 12.0. The van der Waals surface area contributed by atoms with E-state index in [1.54, 1.807) is 18.3 Å². The lowest BCUT2D eigenvalue weighted by Crippen LogP contribution is -2.33. The summed E-state index contributed by atoms with van der Waals surface area (Å²) in [6, 6.07) is 9.01. The Morgan fingerprint density at radius 2 is 1.41 bits per heavy atom. The molecule has 4 aromatic rings. The number of hydrogen-bond acceptors (Lipinski definition) is 7. The van der Waals surface area contributed by atoms with Crippen molar-refractivity contribution in [1.29, 1.82) is 0 Å². The molecule has 0 saturated carbocycles. The molecule has 0 spiro atoms. The third-order valence-electron chi connectivity index (χ3n) is 9.57. The molecule has 9 nitrogen and oxygen atoms in total. The van der Waals surface area contributed by atoms with E-state index < -0.39 is 10.0 Å². The summed E-state index contributed by atoms with van der Waals surface area (Å²) in [4.78, 5) is 14.0. The van der Waals surface area contributed by atoms with Crippen LogP contribution >= 0.6 is 0 Å². The van der Waals surface area contributed by atoms with Gasteiger partial charge >= 0.3 is 6.01 Å². The first-order chi connectivity index (χ1) is 23.7. The van der Waals surface area contributed by atoms with Gasteiger partial charge in [0.25, 0.3) is 10.0 Å². The molecule has 0 aliphatic rings. The van der Waals surface area contributed by atoms with Gasteiger partial charge in [-0.05, 0) is 49.4 Å². The van der Waals surface area contributed by atoms with Crippen molar-refractivity contribution in [3.8, 4) is 0 Å². The smallest absolute Gasteiger partial charge is 0.331 e. The fourth-order valence-corrected chi connectivity index (χ4v) is 7.67. The molecule has 0 atom stereocenters. The van der Waals surface area contributed by atoms with Crippen LogP contribution in [0.3, 0.4) is 0 Å². The third kappa shape index (κ3) is 11.6. The number of fused-ring (bicyclic) bond motifs is 1. The zero-order valence-corrected chi connectivity index (χ0v) is 31.6. The number of imidazole rings is 1. The summed E-state index contributed by atoms with van der Waals surface area (Å²) in [5.74, 6) is 1.80. The Labute approximate surface area is 295 Å². The highest BCUT2D eigenvalue weighted by Gasteiger charge is 2.29. The summed E-state index contributed by atoms with van der Waals surface area (Å²) in [6.07, 6.45) is 23.4. The minimum absolute atomic E-state index is 0.0436. The van der Waals surface area contributed by atoms with Crippen molar-refractivity contribution in [3.05, 3.63) is 59.4 Å². The van der Waals surface area contributed by atoms with Gasteiger partial charge in [0.1, 0.15) is 11.3 Å². The van der Waals surface area contributed by atoms with Crippen molar-refractivity contribution in [2.75, 3.05) is 10.8 Å². The first-order valence-corrected chi connectivity index (χ1v) is 20.4. The lowest BCUT2D eigenvalue weighted by molar-refractivity contribution is 0.411. The standard InChI is InChI=1S/C39H60N6O3S/c1-6-7-8-9-10-11-12-13-14-15-16-17-18-19-20-21-37-42-39(48-43-37)45(29-27-31(2)3)49(46,47)34-24-22-33(23-25-34)30-35-38-36(26-28-40-35)44(5)32(4)41-38/h22-26,28,31H,6-21,27,29-30H2,1-5H3. The first kappa shape index (κ1) is 38.5. The maximum Gasteiger partial charge on any atom is 0.338 e. The Morgan fingerprint density at radius 3 is 2.00 bits per heavy atom. The van der Waals surface area contributed by atoms with E-state index in [9.17, 15) is 8.42 Å². The van der Waals surface area contributed by atoms with Crippen molar-refractivity contribution in [2.24, 2.45) is 13.0 Å². The zero-order chi connectivity index (χ0) is 35.1. The van der Waals surface area contributed by atoms with Crippen molar-refractivity contribution < 1.29 is 12.9 Å². The molecule has 3 heterocycles. The predicted molar refractivity (Wildman–Crippen MR) is 199 cm³/mol. The lowest BCUT2D eigenvalue weighted by Gasteiger charge is -2.21. The molecule has 0 N–H and O–H groups in total. The second-order valence-electron chi connectivity index (χ2n) is 14.1. The molecule has 0 unspecified atom stereocenters. The van der Waals surface area contributed by atoms with Crippen LogP contribution in [0.2, 0.25) is 0 Å². The van der Waals surface area contributed by atoms with Gasteiger partial charge < -0.3 is 9.09 Å². The van der Waals surface area contributed by atoms with Gasteiger partial charge in [-0.15, -0.1) is 0 Å². The van der Waals surface area contributed by atoms with E-state index in [0.717, 1.165) is 41.0 Å². The van der Waals surface area contributed by atoms with Gasteiger partial charge in [-0.3, -0.25) is 4.98 Å². The monoisotopic (exact) mass is 692 g/mol. The average Bonchev–Trinajstić information content (AvgIpc) is 3.67. The van der Waals surface area contributed by atoms with Gasteiger partial charge in [0, 0.05) is 32.6 Å². The van der Waals surface area contributed by atoms with E-state index in [-0.39, 0.29) is 17.5 Å². The second kappa shape index (κ2) is 19.8. The Bertz CT molecular complexity index is 1640. The van der Waals surface area contributed by atoms with Gasteiger partial charge in [0.15, 0.2) is 5.82 Å². The van der Waals surface area contributed by atoms with Crippen LogP contribution in [-0.2, 0) is 29.9 Å². The molecular formula is C39H60N6O3S. The summed E-state index contributed by atoms with van der Waals surface area (Å²) >= 11 is 0. The van der Waals surface area contributed by atoms with E-state index in [2.05, 4.69) is 40.9 Å². The molecule has 0 radical (unpaired) electrons. The summed E-state index contributed by atoms with van der Waals surface area (Å²) < 4.78 is 36.7. The fraction of sp³-hybridized carbons (Fsp3) is 0.641. The molecule has 270 valence electrons. The Morgan fingerprint density at radius 1 is 0.816 bits per heavy atom. The fourth-order valence-electron chi connectivity index (χ4n) is 6.31. The molecule has 0 aliphatic heterocycles. The maximum absolute atomic E-state index is 13.9. The van der Waals surface area contributed by atoms with Crippen LogP contribution in [0.5, 0.6) is 0 Å². The van der Waals surface area contributed by atoms with Gasteiger partial charge in [-0.1, -0.05) is 128 Å². The predicted octanol–water partition coefficient (Wildman–Crippen LogP) is 9.91. The Balaban J connectivity index is 1.25. The van der Waals surface area contributed by atoms with Crippen LogP contribution in [0.1, 0.15) is 146 Å². The van der Waals surface area contributed by atoms with Gasteiger partial charge in [-0.25, -0.2) is 17.7 Å². The van der Waals surface area contributed by atoms with E-state index in [0.29, 0.717) is 31.0 Å². The second-order valence-corrected chi connectivity index (χ2v) is 16.0. The summed E-state index contributed by atoms with van der Waals surface area (Å²) in [7, 11) is -1.92. The lowest BCUT2D eigenvalue weighted by atomic mass is 10.0. The number of sulfonamides is 1. The van der Waals surface area contributed by atoms with Crippen molar-refractivity contribution in [3.63, 3.8) is 0 Å². The highest BCUT2D eigenvalue weighted by molar-refractivity contribution is 7.92. The number of unbranched alkanes of at least 4 members (excludes halogenated alkanes) is 14. The van der Waals surface area contributed by atoms with Crippen molar-refractivity contribution in [2.45, 2.75) is 148 Å².